The Morgan fingerprint density at radius 1 is 1.05 bits per heavy atom. The van der Waals surface area contributed by atoms with Gasteiger partial charge in [0.1, 0.15) is 0 Å². The van der Waals surface area contributed by atoms with Crippen molar-refractivity contribution in [2.75, 3.05) is 14.2 Å². The number of benzene rings is 1. The molecule has 0 bridgehead atoms. The molecule has 0 radical (unpaired) electrons. The highest BCUT2D eigenvalue weighted by Crippen LogP contribution is 2.42. The minimum Gasteiger partial charge on any atom is -0.469 e. The number of rotatable bonds is 4. The van der Waals surface area contributed by atoms with Crippen LogP contribution in [0.25, 0.3) is 0 Å². The molecule has 1 saturated carbocycles. The molecule has 4 heteroatoms. The first-order valence-electron chi connectivity index (χ1n) is 6.87. The van der Waals surface area contributed by atoms with Gasteiger partial charge in [0.25, 0.3) is 0 Å². The van der Waals surface area contributed by atoms with E-state index in [4.69, 9.17) is 4.74 Å². The molecule has 1 fully saturated rings. The SMILES string of the molecule is COC(=O)c1ccc(CC2(C(=O)OC)CCCC2)cc1. The molecule has 1 aromatic carbocycles. The van der Waals surface area contributed by atoms with Crippen molar-refractivity contribution in [1.29, 1.82) is 0 Å². The quantitative estimate of drug-likeness (QED) is 0.793. The maximum absolute atomic E-state index is 12.1. The Balaban J connectivity index is 2.15. The summed E-state index contributed by atoms with van der Waals surface area (Å²) in [5.41, 5.74) is 1.18. The first kappa shape index (κ1) is 14.6. The van der Waals surface area contributed by atoms with Crippen LogP contribution >= 0.6 is 0 Å². The van der Waals surface area contributed by atoms with Crippen LogP contribution in [0.3, 0.4) is 0 Å². The van der Waals surface area contributed by atoms with Gasteiger partial charge in [0.15, 0.2) is 0 Å². The first-order chi connectivity index (χ1) is 9.61. The minimum absolute atomic E-state index is 0.118. The number of carbonyl (C=O) groups excluding carboxylic acids is 2. The molecular weight excluding hydrogens is 256 g/mol. The lowest BCUT2D eigenvalue weighted by atomic mass is 9.80. The molecular formula is C16H20O4. The lowest BCUT2D eigenvalue weighted by Crippen LogP contribution is -2.31. The second-order valence-corrected chi connectivity index (χ2v) is 5.34. The van der Waals surface area contributed by atoms with Crippen molar-refractivity contribution in [3.63, 3.8) is 0 Å². The van der Waals surface area contributed by atoms with Crippen LogP contribution in [0.1, 0.15) is 41.6 Å². The van der Waals surface area contributed by atoms with E-state index >= 15 is 0 Å². The highest BCUT2D eigenvalue weighted by Gasteiger charge is 2.42. The fourth-order valence-corrected chi connectivity index (χ4v) is 2.99. The van der Waals surface area contributed by atoms with E-state index in [9.17, 15) is 9.59 Å². The fourth-order valence-electron chi connectivity index (χ4n) is 2.99. The summed E-state index contributed by atoms with van der Waals surface area (Å²) in [6, 6.07) is 7.24. The highest BCUT2D eigenvalue weighted by molar-refractivity contribution is 5.89. The topological polar surface area (TPSA) is 52.6 Å². The highest BCUT2D eigenvalue weighted by atomic mass is 16.5. The molecule has 2 rings (SSSR count). The van der Waals surface area contributed by atoms with Crippen LogP contribution in [0.2, 0.25) is 0 Å². The second-order valence-electron chi connectivity index (χ2n) is 5.34. The Bertz CT molecular complexity index is 484. The van der Waals surface area contributed by atoms with Crippen molar-refractivity contribution in [1.82, 2.24) is 0 Å². The van der Waals surface area contributed by atoms with Crippen LogP contribution in [-0.4, -0.2) is 26.2 Å². The Morgan fingerprint density at radius 2 is 1.65 bits per heavy atom. The van der Waals surface area contributed by atoms with Gasteiger partial charge in [-0.25, -0.2) is 4.79 Å². The van der Waals surface area contributed by atoms with Crippen molar-refractivity contribution >= 4 is 11.9 Å². The average Bonchev–Trinajstić information content (AvgIpc) is 2.96. The second kappa shape index (κ2) is 6.07. The zero-order valence-electron chi connectivity index (χ0n) is 12.0. The van der Waals surface area contributed by atoms with Gasteiger partial charge in [-0.3, -0.25) is 4.79 Å². The zero-order valence-corrected chi connectivity index (χ0v) is 12.0. The van der Waals surface area contributed by atoms with Gasteiger partial charge in [0.05, 0.1) is 25.2 Å². The lowest BCUT2D eigenvalue weighted by Gasteiger charge is -2.25. The van der Waals surface area contributed by atoms with Crippen molar-refractivity contribution in [3.05, 3.63) is 35.4 Å². The Labute approximate surface area is 119 Å². The van der Waals surface area contributed by atoms with E-state index in [1.165, 1.54) is 14.2 Å². The third kappa shape index (κ3) is 2.84. The molecule has 1 aromatic rings. The van der Waals surface area contributed by atoms with Crippen LogP contribution in [0.5, 0.6) is 0 Å². The molecule has 0 aromatic heterocycles. The maximum Gasteiger partial charge on any atom is 0.337 e. The smallest absolute Gasteiger partial charge is 0.337 e. The maximum atomic E-state index is 12.1. The molecule has 0 amide bonds. The molecule has 4 nitrogen and oxygen atoms in total. The van der Waals surface area contributed by atoms with Gasteiger partial charge in [-0.05, 0) is 37.0 Å². The van der Waals surface area contributed by atoms with Crippen LogP contribution < -0.4 is 0 Å². The van der Waals surface area contributed by atoms with Gasteiger partial charge in [-0.1, -0.05) is 25.0 Å². The Hall–Kier alpha value is -1.84. The molecule has 0 spiro atoms. The largest absolute Gasteiger partial charge is 0.469 e. The first-order valence-corrected chi connectivity index (χ1v) is 6.87. The summed E-state index contributed by atoms with van der Waals surface area (Å²) in [7, 11) is 2.81. The van der Waals surface area contributed by atoms with E-state index in [0.29, 0.717) is 12.0 Å². The number of hydrogen-bond donors (Lipinski definition) is 0. The van der Waals surface area contributed by atoms with Gasteiger partial charge in [-0.15, -0.1) is 0 Å². The molecule has 0 atom stereocenters. The predicted molar refractivity (Wildman–Crippen MR) is 74.4 cm³/mol. The monoisotopic (exact) mass is 276 g/mol. The molecule has 0 aliphatic heterocycles. The normalized spacial score (nSPS) is 16.7. The van der Waals surface area contributed by atoms with Gasteiger partial charge in [0, 0.05) is 0 Å². The van der Waals surface area contributed by atoms with E-state index < -0.39 is 0 Å². The summed E-state index contributed by atoms with van der Waals surface area (Å²) >= 11 is 0. The van der Waals surface area contributed by atoms with Crippen LogP contribution in [0.4, 0.5) is 0 Å². The minimum atomic E-state index is -0.387. The number of hydrogen-bond acceptors (Lipinski definition) is 4. The third-order valence-corrected chi connectivity index (χ3v) is 4.10. The number of esters is 2. The molecule has 0 saturated heterocycles. The number of carbonyl (C=O) groups is 2. The molecule has 0 N–H and O–H groups in total. The predicted octanol–water partition coefficient (Wildman–Crippen LogP) is 2.75. The van der Waals surface area contributed by atoms with Gasteiger partial charge >= 0.3 is 11.9 Å². The summed E-state index contributed by atoms with van der Waals surface area (Å²) in [4.78, 5) is 23.5. The molecule has 1 aliphatic rings. The van der Waals surface area contributed by atoms with Crippen molar-refractivity contribution in [2.24, 2.45) is 5.41 Å². The number of ether oxygens (including phenoxy) is 2. The molecule has 20 heavy (non-hydrogen) atoms. The summed E-state index contributed by atoms with van der Waals surface area (Å²) in [5.74, 6) is -0.466. The van der Waals surface area contributed by atoms with E-state index in [2.05, 4.69) is 4.74 Å². The van der Waals surface area contributed by atoms with E-state index in [0.717, 1.165) is 31.2 Å². The fraction of sp³-hybridized carbons (Fsp3) is 0.500. The summed E-state index contributed by atoms with van der Waals surface area (Å²) < 4.78 is 9.65. The zero-order chi connectivity index (χ0) is 14.6. The molecule has 0 heterocycles. The third-order valence-electron chi connectivity index (χ3n) is 4.10. The number of methoxy groups -OCH3 is 2. The van der Waals surface area contributed by atoms with Crippen LogP contribution in [0.15, 0.2) is 24.3 Å². The standard InChI is InChI=1S/C16H20O4/c1-19-14(17)13-7-5-12(6-8-13)11-16(15(18)20-2)9-3-4-10-16/h5-8H,3-4,9-11H2,1-2H3. The van der Waals surface area contributed by atoms with Gasteiger partial charge in [-0.2, -0.15) is 0 Å². The van der Waals surface area contributed by atoms with E-state index in [-0.39, 0.29) is 17.4 Å². The van der Waals surface area contributed by atoms with Crippen molar-refractivity contribution in [3.8, 4) is 0 Å². The van der Waals surface area contributed by atoms with E-state index in [1.54, 1.807) is 12.1 Å². The van der Waals surface area contributed by atoms with Crippen LogP contribution in [-0.2, 0) is 20.7 Å². The molecule has 0 unspecified atom stereocenters. The Morgan fingerprint density at radius 3 is 2.15 bits per heavy atom. The van der Waals surface area contributed by atoms with Crippen molar-refractivity contribution < 1.29 is 19.1 Å². The van der Waals surface area contributed by atoms with Crippen LogP contribution in [0, 0.1) is 5.41 Å². The van der Waals surface area contributed by atoms with E-state index in [1.807, 2.05) is 12.1 Å². The molecule has 108 valence electrons. The summed E-state index contributed by atoms with van der Waals surface area (Å²) in [6.07, 6.45) is 4.54. The Kier molecular flexibility index (Phi) is 4.42. The lowest BCUT2D eigenvalue weighted by molar-refractivity contribution is -0.152. The van der Waals surface area contributed by atoms with Crippen molar-refractivity contribution in [2.45, 2.75) is 32.1 Å². The van der Waals surface area contributed by atoms with Gasteiger partial charge < -0.3 is 9.47 Å². The summed E-state index contributed by atoms with van der Waals surface area (Å²) in [5, 5.41) is 0. The van der Waals surface area contributed by atoms with Gasteiger partial charge in [0.2, 0.25) is 0 Å². The average molecular weight is 276 g/mol. The summed E-state index contributed by atoms with van der Waals surface area (Å²) in [6.45, 7) is 0. The molecule has 1 aliphatic carbocycles.